The van der Waals surface area contributed by atoms with E-state index in [2.05, 4.69) is 10.3 Å². The second-order valence-electron chi connectivity index (χ2n) is 5.87. The third-order valence-electron chi connectivity index (χ3n) is 4.04. The second kappa shape index (κ2) is 7.09. The highest BCUT2D eigenvalue weighted by atomic mass is 16.4. The minimum absolute atomic E-state index is 0.101. The number of amides is 1. The van der Waals surface area contributed by atoms with Crippen LogP contribution in [0.1, 0.15) is 11.1 Å². The number of carboxylic acids is 1. The largest absolute Gasteiger partial charge is 0.508 e. The number of benzene rings is 2. The minimum Gasteiger partial charge on any atom is -0.508 e. The number of aliphatic carboxylic acids is 1. The van der Waals surface area contributed by atoms with Crippen LogP contribution in [0.2, 0.25) is 0 Å². The molecule has 0 saturated heterocycles. The number of nitrogens with one attached hydrogen (secondary N) is 2. The molecule has 3 aromatic rings. The number of aromatic amines is 1. The summed E-state index contributed by atoms with van der Waals surface area (Å²) in [6.07, 6.45) is 2.01. The highest BCUT2D eigenvalue weighted by Gasteiger charge is 2.21. The van der Waals surface area contributed by atoms with Crippen molar-refractivity contribution in [3.05, 3.63) is 65.9 Å². The quantitative estimate of drug-likeness (QED) is 0.553. The summed E-state index contributed by atoms with van der Waals surface area (Å²) in [5, 5.41) is 22.2. The zero-order valence-corrected chi connectivity index (χ0v) is 13.4. The molecular weight excluding hydrogens is 320 g/mol. The van der Waals surface area contributed by atoms with Crippen molar-refractivity contribution in [1.29, 1.82) is 0 Å². The Labute approximate surface area is 144 Å². The summed E-state index contributed by atoms with van der Waals surface area (Å²) in [6, 6.07) is 12.9. The molecular formula is C19H18N2O4. The lowest BCUT2D eigenvalue weighted by molar-refractivity contribution is -0.141. The van der Waals surface area contributed by atoms with Crippen LogP contribution in [0.15, 0.2) is 54.7 Å². The van der Waals surface area contributed by atoms with E-state index in [0.29, 0.717) is 0 Å². The van der Waals surface area contributed by atoms with E-state index >= 15 is 0 Å². The van der Waals surface area contributed by atoms with Crippen LogP contribution in [0.3, 0.4) is 0 Å². The van der Waals surface area contributed by atoms with Crippen LogP contribution in [0.25, 0.3) is 10.9 Å². The maximum absolute atomic E-state index is 12.3. The van der Waals surface area contributed by atoms with Crippen molar-refractivity contribution in [2.45, 2.75) is 18.9 Å². The van der Waals surface area contributed by atoms with Crippen molar-refractivity contribution >= 4 is 22.8 Å². The van der Waals surface area contributed by atoms with Crippen molar-refractivity contribution in [1.82, 2.24) is 10.3 Å². The number of hydrogen-bond acceptors (Lipinski definition) is 3. The van der Waals surface area contributed by atoms with Crippen LogP contribution in [-0.2, 0) is 22.4 Å². The molecule has 0 radical (unpaired) electrons. The Morgan fingerprint density at radius 1 is 1.08 bits per heavy atom. The van der Waals surface area contributed by atoms with Gasteiger partial charge in [-0.25, -0.2) is 4.79 Å². The molecule has 0 unspecified atom stereocenters. The van der Waals surface area contributed by atoms with Gasteiger partial charge in [0.2, 0.25) is 5.91 Å². The first-order valence-corrected chi connectivity index (χ1v) is 7.88. The summed E-state index contributed by atoms with van der Waals surface area (Å²) in [6.45, 7) is 0. The SMILES string of the molecule is O=C(Cc1c[nH]c2ccccc12)N[C@H](Cc1ccc(O)cc1)C(=O)O. The first-order valence-electron chi connectivity index (χ1n) is 7.88. The lowest BCUT2D eigenvalue weighted by Gasteiger charge is -2.14. The van der Waals surface area contributed by atoms with Crippen LogP contribution >= 0.6 is 0 Å². The van der Waals surface area contributed by atoms with Crippen molar-refractivity contribution < 1.29 is 19.8 Å². The second-order valence-corrected chi connectivity index (χ2v) is 5.87. The van der Waals surface area contributed by atoms with Crippen molar-refractivity contribution in [2.24, 2.45) is 0 Å². The molecule has 6 heteroatoms. The van der Waals surface area contributed by atoms with Gasteiger partial charge in [0.1, 0.15) is 11.8 Å². The molecule has 1 amide bonds. The van der Waals surface area contributed by atoms with E-state index in [1.54, 1.807) is 18.3 Å². The normalized spacial score (nSPS) is 12.0. The third kappa shape index (κ3) is 3.98. The lowest BCUT2D eigenvalue weighted by atomic mass is 10.0. The smallest absolute Gasteiger partial charge is 0.326 e. The van der Waals surface area contributed by atoms with Gasteiger partial charge in [0.05, 0.1) is 6.42 Å². The van der Waals surface area contributed by atoms with Gasteiger partial charge in [-0.15, -0.1) is 0 Å². The third-order valence-corrected chi connectivity index (χ3v) is 4.04. The Bertz CT molecular complexity index is 899. The number of rotatable bonds is 6. The monoisotopic (exact) mass is 338 g/mol. The fraction of sp³-hybridized carbons (Fsp3) is 0.158. The van der Waals surface area contributed by atoms with Crippen LogP contribution in [0, 0.1) is 0 Å². The summed E-state index contributed by atoms with van der Waals surface area (Å²) in [7, 11) is 0. The molecule has 25 heavy (non-hydrogen) atoms. The van der Waals surface area contributed by atoms with Crippen molar-refractivity contribution in [3.8, 4) is 5.75 Å². The zero-order valence-electron chi connectivity index (χ0n) is 13.4. The molecule has 0 spiro atoms. The predicted octanol–water partition coefficient (Wildman–Crippen LogP) is 2.23. The average molecular weight is 338 g/mol. The van der Waals surface area contributed by atoms with E-state index in [-0.39, 0.29) is 24.5 Å². The lowest BCUT2D eigenvalue weighted by Crippen LogP contribution is -2.43. The molecule has 0 aliphatic heterocycles. The van der Waals surface area contributed by atoms with E-state index in [4.69, 9.17) is 0 Å². The summed E-state index contributed by atoms with van der Waals surface area (Å²) in [5.74, 6) is -1.34. The Kier molecular flexibility index (Phi) is 4.70. The average Bonchev–Trinajstić information content (AvgIpc) is 2.99. The number of para-hydroxylation sites is 1. The summed E-state index contributed by atoms with van der Waals surface area (Å²) < 4.78 is 0. The number of carbonyl (C=O) groups excluding carboxylic acids is 1. The van der Waals surface area contributed by atoms with Crippen LogP contribution in [0.4, 0.5) is 0 Å². The van der Waals surface area contributed by atoms with Crippen LogP contribution in [0.5, 0.6) is 5.75 Å². The number of phenolic OH excluding ortho intramolecular Hbond substituents is 1. The Morgan fingerprint density at radius 3 is 2.52 bits per heavy atom. The maximum atomic E-state index is 12.3. The van der Waals surface area contributed by atoms with Gasteiger partial charge in [0.15, 0.2) is 0 Å². The topological polar surface area (TPSA) is 102 Å². The number of H-pyrrole nitrogens is 1. The fourth-order valence-corrected chi connectivity index (χ4v) is 2.76. The molecule has 4 N–H and O–H groups in total. The molecule has 3 rings (SSSR count). The number of phenols is 1. The van der Waals surface area contributed by atoms with E-state index in [1.807, 2.05) is 24.3 Å². The zero-order chi connectivity index (χ0) is 17.8. The van der Waals surface area contributed by atoms with E-state index in [9.17, 15) is 19.8 Å². The first kappa shape index (κ1) is 16.6. The van der Waals surface area contributed by atoms with Gasteiger partial charge in [0.25, 0.3) is 0 Å². The molecule has 128 valence electrons. The summed E-state index contributed by atoms with van der Waals surface area (Å²) >= 11 is 0. The summed E-state index contributed by atoms with van der Waals surface area (Å²) in [5.41, 5.74) is 2.48. The molecule has 0 aliphatic rings. The standard InChI is InChI=1S/C19H18N2O4/c22-14-7-5-12(6-8-14)9-17(19(24)25)21-18(23)10-13-11-20-16-4-2-1-3-15(13)16/h1-8,11,17,20,22H,9-10H2,(H,21,23)(H,24,25)/t17-/m1/s1. The van der Waals surface area contributed by atoms with Gasteiger partial charge >= 0.3 is 5.97 Å². The van der Waals surface area contributed by atoms with Gasteiger partial charge in [-0.3, -0.25) is 4.79 Å². The predicted molar refractivity (Wildman–Crippen MR) is 93.4 cm³/mol. The maximum Gasteiger partial charge on any atom is 0.326 e. The molecule has 0 bridgehead atoms. The molecule has 6 nitrogen and oxygen atoms in total. The Hall–Kier alpha value is -3.28. The Morgan fingerprint density at radius 2 is 1.80 bits per heavy atom. The molecule has 0 fully saturated rings. The molecule has 1 aromatic heterocycles. The number of hydrogen-bond donors (Lipinski definition) is 4. The number of aromatic hydroxyl groups is 1. The fourth-order valence-electron chi connectivity index (χ4n) is 2.76. The van der Waals surface area contributed by atoms with Crippen LogP contribution in [-0.4, -0.2) is 33.1 Å². The number of aromatic nitrogens is 1. The van der Waals surface area contributed by atoms with E-state index in [1.165, 1.54) is 12.1 Å². The van der Waals surface area contributed by atoms with E-state index in [0.717, 1.165) is 22.0 Å². The molecule has 1 atom stereocenters. The number of fused-ring (bicyclic) bond motifs is 1. The number of carboxylic acid groups (broad SMARTS) is 1. The van der Waals surface area contributed by atoms with Crippen LogP contribution < -0.4 is 5.32 Å². The van der Waals surface area contributed by atoms with Gasteiger partial charge in [-0.2, -0.15) is 0 Å². The highest BCUT2D eigenvalue weighted by molar-refractivity contribution is 5.90. The van der Waals surface area contributed by atoms with Gasteiger partial charge in [0, 0.05) is 23.5 Å². The minimum atomic E-state index is -1.10. The first-order chi connectivity index (χ1) is 12.0. The highest BCUT2D eigenvalue weighted by Crippen LogP contribution is 2.18. The molecule has 2 aromatic carbocycles. The van der Waals surface area contributed by atoms with Gasteiger partial charge < -0.3 is 20.5 Å². The molecule has 0 aliphatic carbocycles. The van der Waals surface area contributed by atoms with E-state index < -0.39 is 12.0 Å². The van der Waals surface area contributed by atoms with Crippen molar-refractivity contribution in [3.63, 3.8) is 0 Å². The summed E-state index contributed by atoms with van der Waals surface area (Å²) in [4.78, 5) is 26.8. The van der Waals surface area contributed by atoms with Crippen molar-refractivity contribution in [2.75, 3.05) is 0 Å². The molecule has 1 heterocycles. The number of carbonyl (C=O) groups is 2. The van der Waals surface area contributed by atoms with Gasteiger partial charge in [-0.1, -0.05) is 30.3 Å². The van der Waals surface area contributed by atoms with Gasteiger partial charge in [-0.05, 0) is 29.3 Å². The Balaban J connectivity index is 1.68. The molecule has 0 saturated carbocycles.